The standard InChI is InChI=1S/C9H12O4/c1-13-9(12)7-8(11)5-3-2-4-6-10/h10H,3,5-7H2,1H3. The average molecular weight is 184 g/mol. The van der Waals surface area contributed by atoms with Gasteiger partial charge in [-0.3, -0.25) is 9.59 Å². The highest BCUT2D eigenvalue weighted by Gasteiger charge is 2.07. The maximum Gasteiger partial charge on any atom is 0.313 e. The molecule has 0 aliphatic carbocycles. The number of esters is 1. The fourth-order valence-electron chi connectivity index (χ4n) is 0.668. The van der Waals surface area contributed by atoms with E-state index in [9.17, 15) is 9.59 Å². The molecule has 72 valence electrons. The van der Waals surface area contributed by atoms with E-state index in [0.717, 1.165) is 0 Å². The van der Waals surface area contributed by atoms with Gasteiger partial charge in [-0.2, -0.15) is 0 Å². The van der Waals surface area contributed by atoms with Crippen molar-refractivity contribution in [1.29, 1.82) is 0 Å². The van der Waals surface area contributed by atoms with Gasteiger partial charge < -0.3 is 9.84 Å². The number of aliphatic hydroxyl groups is 1. The molecule has 4 nitrogen and oxygen atoms in total. The van der Waals surface area contributed by atoms with Crippen LogP contribution in [-0.4, -0.2) is 30.6 Å². The lowest BCUT2D eigenvalue weighted by Gasteiger charge is -1.95. The quantitative estimate of drug-likeness (QED) is 0.376. The molecule has 0 saturated carbocycles. The zero-order valence-corrected chi connectivity index (χ0v) is 7.50. The van der Waals surface area contributed by atoms with E-state index in [1.54, 1.807) is 0 Å². The number of hydrogen-bond donors (Lipinski definition) is 1. The summed E-state index contributed by atoms with van der Waals surface area (Å²) in [5.74, 6) is 4.27. The highest BCUT2D eigenvalue weighted by Crippen LogP contribution is 1.95. The van der Waals surface area contributed by atoms with Gasteiger partial charge in [-0.1, -0.05) is 5.92 Å². The average Bonchev–Trinajstić information content (AvgIpc) is 2.12. The molecule has 0 amide bonds. The van der Waals surface area contributed by atoms with E-state index in [1.165, 1.54) is 7.11 Å². The first-order chi connectivity index (χ1) is 6.20. The van der Waals surface area contributed by atoms with E-state index in [1.807, 2.05) is 0 Å². The summed E-state index contributed by atoms with van der Waals surface area (Å²) < 4.78 is 4.31. The second kappa shape index (κ2) is 7.32. The van der Waals surface area contributed by atoms with Crippen LogP contribution in [0.3, 0.4) is 0 Å². The Balaban J connectivity index is 3.57. The summed E-state index contributed by atoms with van der Waals surface area (Å²) in [5.41, 5.74) is 0. The number of rotatable bonds is 4. The highest BCUT2D eigenvalue weighted by atomic mass is 16.5. The maximum absolute atomic E-state index is 10.9. The molecule has 0 aliphatic rings. The molecule has 0 heterocycles. The summed E-state index contributed by atoms with van der Waals surface area (Å²) in [4.78, 5) is 21.5. The number of ketones is 1. The Morgan fingerprint density at radius 2 is 2.08 bits per heavy atom. The predicted octanol–water partition coefficient (Wildman–Crippen LogP) is -0.105. The molecule has 0 aliphatic heterocycles. The Morgan fingerprint density at radius 3 is 2.62 bits per heavy atom. The Bertz CT molecular complexity index is 234. The largest absolute Gasteiger partial charge is 0.469 e. The number of aliphatic hydroxyl groups excluding tert-OH is 1. The first kappa shape index (κ1) is 11.7. The van der Waals surface area contributed by atoms with E-state index < -0.39 is 5.97 Å². The Kier molecular flexibility index (Phi) is 6.56. The van der Waals surface area contributed by atoms with Crippen molar-refractivity contribution in [3.63, 3.8) is 0 Å². The normalized spacial score (nSPS) is 8.46. The van der Waals surface area contributed by atoms with Gasteiger partial charge in [0, 0.05) is 12.8 Å². The third-order valence-electron chi connectivity index (χ3n) is 1.30. The molecule has 1 N–H and O–H groups in total. The fourth-order valence-corrected chi connectivity index (χ4v) is 0.668. The van der Waals surface area contributed by atoms with E-state index in [0.29, 0.717) is 6.42 Å². The van der Waals surface area contributed by atoms with Gasteiger partial charge in [0.2, 0.25) is 0 Å². The van der Waals surface area contributed by atoms with Crippen LogP contribution >= 0.6 is 0 Å². The number of carbonyl (C=O) groups is 2. The molecule has 0 aromatic rings. The lowest BCUT2D eigenvalue weighted by Crippen LogP contribution is -2.08. The summed E-state index contributed by atoms with van der Waals surface area (Å²) in [5, 5.41) is 8.28. The van der Waals surface area contributed by atoms with Crippen LogP contribution in [-0.2, 0) is 14.3 Å². The van der Waals surface area contributed by atoms with Crippen LogP contribution in [0.5, 0.6) is 0 Å². The minimum Gasteiger partial charge on any atom is -0.469 e. The first-order valence-corrected chi connectivity index (χ1v) is 3.85. The van der Waals surface area contributed by atoms with E-state index in [4.69, 9.17) is 5.11 Å². The Morgan fingerprint density at radius 1 is 1.38 bits per heavy atom. The van der Waals surface area contributed by atoms with Crippen molar-refractivity contribution in [1.82, 2.24) is 0 Å². The van der Waals surface area contributed by atoms with Crippen LogP contribution in [0.15, 0.2) is 0 Å². The van der Waals surface area contributed by atoms with Gasteiger partial charge in [0.05, 0.1) is 7.11 Å². The van der Waals surface area contributed by atoms with Gasteiger partial charge in [-0.15, -0.1) is 5.92 Å². The SMILES string of the molecule is COC(=O)CC(=O)CCC#CCO. The highest BCUT2D eigenvalue weighted by molar-refractivity contribution is 5.95. The van der Waals surface area contributed by atoms with Crippen LogP contribution < -0.4 is 0 Å². The van der Waals surface area contributed by atoms with Crippen LogP contribution in [0.25, 0.3) is 0 Å². The first-order valence-electron chi connectivity index (χ1n) is 3.85. The van der Waals surface area contributed by atoms with Gasteiger partial charge in [0.25, 0.3) is 0 Å². The number of methoxy groups -OCH3 is 1. The summed E-state index contributed by atoms with van der Waals surface area (Å²) in [6.45, 7) is -0.203. The molecule has 13 heavy (non-hydrogen) atoms. The van der Waals surface area contributed by atoms with Crippen molar-refractivity contribution in [2.24, 2.45) is 0 Å². The molecule has 0 atom stereocenters. The topological polar surface area (TPSA) is 63.6 Å². The molecule has 0 aromatic carbocycles. The summed E-state index contributed by atoms with van der Waals surface area (Å²) in [6, 6.07) is 0. The van der Waals surface area contributed by atoms with Crippen molar-refractivity contribution in [3.8, 4) is 11.8 Å². The van der Waals surface area contributed by atoms with Crippen molar-refractivity contribution >= 4 is 11.8 Å². The smallest absolute Gasteiger partial charge is 0.313 e. The maximum atomic E-state index is 10.9. The zero-order chi connectivity index (χ0) is 10.1. The lowest BCUT2D eigenvalue weighted by atomic mass is 10.2. The van der Waals surface area contributed by atoms with Gasteiger partial charge in [-0.05, 0) is 0 Å². The number of hydrogen-bond acceptors (Lipinski definition) is 4. The second-order valence-electron chi connectivity index (χ2n) is 2.30. The third-order valence-corrected chi connectivity index (χ3v) is 1.30. The summed E-state index contributed by atoms with van der Waals surface area (Å²) in [7, 11) is 1.24. The molecule has 0 spiro atoms. The monoisotopic (exact) mass is 184 g/mol. The minimum absolute atomic E-state index is 0.195. The molecule has 0 rings (SSSR count). The van der Waals surface area contributed by atoms with E-state index in [-0.39, 0.29) is 25.2 Å². The van der Waals surface area contributed by atoms with Crippen molar-refractivity contribution in [2.75, 3.05) is 13.7 Å². The number of ether oxygens (including phenoxy) is 1. The molecule has 0 saturated heterocycles. The summed E-state index contributed by atoms with van der Waals surface area (Å²) >= 11 is 0. The van der Waals surface area contributed by atoms with Crippen molar-refractivity contribution in [3.05, 3.63) is 0 Å². The van der Waals surface area contributed by atoms with Gasteiger partial charge >= 0.3 is 5.97 Å². The molecule has 0 radical (unpaired) electrons. The molecule has 0 unspecified atom stereocenters. The van der Waals surface area contributed by atoms with E-state index >= 15 is 0 Å². The van der Waals surface area contributed by atoms with Crippen LogP contribution in [0, 0.1) is 11.8 Å². The molecule has 0 aromatic heterocycles. The zero-order valence-electron chi connectivity index (χ0n) is 7.50. The van der Waals surface area contributed by atoms with Crippen molar-refractivity contribution in [2.45, 2.75) is 19.3 Å². The molecular formula is C9H12O4. The van der Waals surface area contributed by atoms with Gasteiger partial charge in [0.1, 0.15) is 18.8 Å². The predicted molar refractivity (Wildman–Crippen MR) is 45.7 cm³/mol. The Labute approximate surface area is 76.9 Å². The van der Waals surface area contributed by atoms with Crippen LogP contribution in [0.1, 0.15) is 19.3 Å². The van der Waals surface area contributed by atoms with Crippen LogP contribution in [0.2, 0.25) is 0 Å². The van der Waals surface area contributed by atoms with Gasteiger partial charge in [-0.25, -0.2) is 0 Å². The summed E-state index contributed by atoms with van der Waals surface area (Å²) in [6.07, 6.45) is 0.399. The number of carbonyl (C=O) groups excluding carboxylic acids is 2. The van der Waals surface area contributed by atoms with Crippen molar-refractivity contribution < 1.29 is 19.4 Å². The minimum atomic E-state index is -0.528. The van der Waals surface area contributed by atoms with Gasteiger partial charge in [0.15, 0.2) is 0 Å². The van der Waals surface area contributed by atoms with E-state index in [2.05, 4.69) is 16.6 Å². The fraction of sp³-hybridized carbons (Fsp3) is 0.556. The molecular weight excluding hydrogens is 172 g/mol. The molecule has 4 heteroatoms. The second-order valence-corrected chi connectivity index (χ2v) is 2.30. The number of Topliss-reactive ketones (excluding diaryl/α,β-unsaturated/α-hetero) is 1. The molecule has 0 fully saturated rings. The molecule has 0 bridgehead atoms. The lowest BCUT2D eigenvalue weighted by molar-refractivity contribution is -0.143. The third kappa shape index (κ3) is 7.04. The van der Waals surface area contributed by atoms with Crippen LogP contribution in [0.4, 0.5) is 0 Å². The Hall–Kier alpha value is -1.34.